The third-order valence-electron chi connectivity index (χ3n) is 4.98. The zero-order valence-corrected chi connectivity index (χ0v) is 17.6. The quantitative estimate of drug-likeness (QED) is 0.460. The molecule has 7 heteroatoms. The first kappa shape index (κ1) is 21.6. The van der Waals surface area contributed by atoms with Crippen molar-refractivity contribution in [2.75, 3.05) is 27.3 Å². The fourth-order valence-corrected chi connectivity index (χ4v) is 3.31. The molecular formula is C23H30N4O3. The average molecular weight is 411 g/mol. The Kier molecular flexibility index (Phi) is 8.09. The van der Waals surface area contributed by atoms with Crippen LogP contribution >= 0.6 is 0 Å². The summed E-state index contributed by atoms with van der Waals surface area (Å²) in [6, 6.07) is 15.5. The Morgan fingerprint density at radius 2 is 1.83 bits per heavy atom. The summed E-state index contributed by atoms with van der Waals surface area (Å²) in [5.41, 5.74) is 2.75. The van der Waals surface area contributed by atoms with E-state index in [9.17, 15) is 4.79 Å². The van der Waals surface area contributed by atoms with Crippen LogP contribution < -0.4 is 20.7 Å². The topological polar surface area (TPSA) is 84.0 Å². The molecule has 1 atom stereocenters. The Balaban J connectivity index is 1.48. The first-order valence-corrected chi connectivity index (χ1v) is 10.2. The third-order valence-corrected chi connectivity index (χ3v) is 4.98. The lowest BCUT2D eigenvalue weighted by molar-refractivity contribution is 0.0857. The number of hydrogen-bond acceptors (Lipinski definition) is 4. The average Bonchev–Trinajstić information content (AvgIpc) is 3.31. The van der Waals surface area contributed by atoms with Gasteiger partial charge in [0.1, 0.15) is 5.75 Å². The van der Waals surface area contributed by atoms with Crippen molar-refractivity contribution in [3.63, 3.8) is 0 Å². The molecule has 1 aliphatic heterocycles. The van der Waals surface area contributed by atoms with Crippen LogP contribution in [0, 0.1) is 0 Å². The highest BCUT2D eigenvalue weighted by atomic mass is 16.5. The van der Waals surface area contributed by atoms with Crippen molar-refractivity contribution in [3.8, 4) is 5.75 Å². The number of guanidine groups is 1. The van der Waals surface area contributed by atoms with Crippen LogP contribution in [0.15, 0.2) is 53.5 Å². The van der Waals surface area contributed by atoms with Crippen LogP contribution in [0.2, 0.25) is 0 Å². The number of amides is 1. The minimum Gasteiger partial charge on any atom is -0.497 e. The van der Waals surface area contributed by atoms with Gasteiger partial charge in [-0.25, -0.2) is 0 Å². The summed E-state index contributed by atoms with van der Waals surface area (Å²) in [4.78, 5) is 16.7. The molecule has 2 aromatic carbocycles. The van der Waals surface area contributed by atoms with Gasteiger partial charge in [0.25, 0.3) is 5.91 Å². The highest BCUT2D eigenvalue weighted by Gasteiger charge is 2.16. The maximum atomic E-state index is 12.4. The van der Waals surface area contributed by atoms with Gasteiger partial charge in [-0.3, -0.25) is 9.79 Å². The standard InChI is InChI=1S/C23H30N4O3/c1-24-23(27-15-18-7-4-9-20(13-18)29-2)26-14-17-6-3-8-19(12-17)22(28)25-16-21-10-5-11-30-21/h3-4,6-9,12-13,21H,5,10-11,14-16H2,1-2H3,(H,25,28)(H2,24,26,27). The van der Waals surface area contributed by atoms with Crippen LogP contribution in [0.5, 0.6) is 5.75 Å². The molecule has 1 aliphatic rings. The summed E-state index contributed by atoms with van der Waals surface area (Å²) < 4.78 is 10.8. The summed E-state index contributed by atoms with van der Waals surface area (Å²) in [7, 11) is 3.39. The molecule has 0 spiro atoms. The Bertz CT molecular complexity index is 863. The number of nitrogens with one attached hydrogen (secondary N) is 3. The Labute approximate surface area is 177 Å². The maximum Gasteiger partial charge on any atom is 0.251 e. The van der Waals surface area contributed by atoms with Crippen LogP contribution in [0.1, 0.15) is 34.3 Å². The Hall–Kier alpha value is -3.06. The SMILES string of the molecule is CN=C(NCc1cccc(OC)c1)NCc1cccc(C(=O)NCC2CCCO2)c1. The van der Waals surface area contributed by atoms with Gasteiger partial charge in [0.15, 0.2) is 5.96 Å². The van der Waals surface area contributed by atoms with Gasteiger partial charge in [-0.1, -0.05) is 24.3 Å². The molecular weight excluding hydrogens is 380 g/mol. The van der Waals surface area contributed by atoms with Crippen molar-refractivity contribution in [3.05, 3.63) is 65.2 Å². The second-order valence-corrected chi connectivity index (χ2v) is 7.18. The summed E-state index contributed by atoms with van der Waals surface area (Å²) in [6.07, 6.45) is 2.21. The molecule has 160 valence electrons. The van der Waals surface area contributed by atoms with Gasteiger partial charge in [0, 0.05) is 38.9 Å². The molecule has 1 saturated heterocycles. The molecule has 0 aliphatic carbocycles. The van der Waals surface area contributed by atoms with Gasteiger partial charge in [0.2, 0.25) is 0 Å². The first-order valence-electron chi connectivity index (χ1n) is 10.2. The Morgan fingerprint density at radius 3 is 2.50 bits per heavy atom. The Morgan fingerprint density at radius 1 is 1.10 bits per heavy atom. The number of hydrogen-bond donors (Lipinski definition) is 3. The number of carbonyl (C=O) groups excluding carboxylic acids is 1. The molecule has 0 radical (unpaired) electrons. The van der Waals surface area contributed by atoms with E-state index in [1.165, 1.54) is 0 Å². The lowest BCUT2D eigenvalue weighted by Gasteiger charge is -2.14. The predicted molar refractivity (Wildman–Crippen MR) is 118 cm³/mol. The van der Waals surface area contributed by atoms with Crippen LogP contribution in [0.4, 0.5) is 0 Å². The molecule has 2 aromatic rings. The van der Waals surface area contributed by atoms with E-state index in [1.54, 1.807) is 14.2 Å². The van der Waals surface area contributed by atoms with Gasteiger partial charge < -0.3 is 25.4 Å². The van der Waals surface area contributed by atoms with E-state index in [0.29, 0.717) is 31.2 Å². The first-order chi connectivity index (χ1) is 14.7. The van der Waals surface area contributed by atoms with Crippen molar-refractivity contribution in [2.24, 2.45) is 4.99 Å². The van der Waals surface area contributed by atoms with E-state index in [4.69, 9.17) is 9.47 Å². The highest BCUT2D eigenvalue weighted by molar-refractivity contribution is 5.94. The van der Waals surface area contributed by atoms with Crippen molar-refractivity contribution < 1.29 is 14.3 Å². The predicted octanol–water partition coefficient (Wildman–Crippen LogP) is 2.47. The van der Waals surface area contributed by atoms with Gasteiger partial charge >= 0.3 is 0 Å². The lowest BCUT2D eigenvalue weighted by Crippen LogP contribution is -2.36. The molecule has 3 rings (SSSR count). The van der Waals surface area contributed by atoms with Gasteiger partial charge in [0.05, 0.1) is 13.2 Å². The van der Waals surface area contributed by atoms with Gasteiger partial charge in [-0.05, 0) is 48.2 Å². The van der Waals surface area contributed by atoms with E-state index in [1.807, 2.05) is 48.5 Å². The largest absolute Gasteiger partial charge is 0.497 e. The molecule has 0 saturated carbocycles. The van der Waals surface area contributed by atoms with Crippen LogP contribution in [0.3, 0.4) is 0 Å². The summed E-state index contributed by atoms with van der Waals surface area (Å²) in [6.45, 7) is 2.53. The number of carbonyl (C=O) groups is 1. The molecule has 1 fully saturated rings. The van der Waals surface area contributed by atoms with E-state index in [-0.39, 0.29) is 12.0 Å². The minimum absolute atomic E-state index is 0.0760. The fourth-order valence-electron chi connectivity index (χ4n) is 3.31. The second-order valence-electron chi connectivity index (χ2n) is 7.18. The highest BCUT2D eigenvalue weighted by Crippen LogP contribution is 2.13. The van der Waals surface area contributed by atoms with Crippen LogP contribution in [-0.2, 0) is 17.8 Å². The monoisotopic (exact) mass is 410 g/mol. The van der Waals surface area contributed by atoms with E-state index >= 15 is 0 Å². The number of nitrogens with zero attached hydrogens (tertiary/aromatic N) is 1. The molecule has 1 amide bonds. The molecule has 0 bridgehead atoms. The number of ether oxygens (including phenoxy) is 2. The number of rotatable bonds is 8. The summed E-state index contributed by atoms with van der Waals surface area (Å²) in [5.74, 6) is 1.44. The lowest BCUT2D eigenvalue weighted by atomic mass is 10.1. The molecule has 1 heterocycles. The third kappa shape index (κ3) is 6.49. The number of methoxy groups -OCH3 is 1. The number of benzene rings is 2. The smallest absolute Gasteiger partial charge is 0.251 e. The van der Waals surface area contributed by atoms with E-state index in [0.717, 1.165) is 36.3 Å². The molecule has 30 heavy (non-hydrogen) atoms. The zero-order chi connectivity index (χ0) is 21.2. The summed E-state index contributed by atoms with van der Waals surface area (Å²) >= 11 is 0. The summed E-state index contributed by atoms with van der Waals surface area (Å²) in [5, 5.41) is 9.53. The normalized spacial score (nSPS) is 16.2. The molecule has 1 unspecified atom stereocenters. The number of aliphatic imine (C=N–C) groups is 1. The van der Waals surface area contributed by atoms with Crippen LogP contribution in [0.25, 0.3) is 0 Å². The maximum absolute atomic E-state index is 12.4. The van der Waals surface area contributed by atoms with Crippen molar-refractivity contribution in [1.29, 1.82) is 0 Å². The van der Waals surface area contributed by atoms with Gasteiger partial charge in [-0.2, -0.15) is 0 Å². The van der Waals surface area contributed by atoms with Gasteiger partial charge in [-0.15, -0.1) is 0 Å². The van der Waals surface area contributed by atoms with Crippen molar-refractivity contribution >= 4 is 11.9 Å². The zero-order valence-electron chi connectivity index (χ0n) is 17.6. The van der Waals surface area contributed by atoms with Crippen LogP contribution in [-0.4, -0.2) is 45.3 Å². The minimum atomic E-state index is -0.0760. The molecule has 0 aromatic heterocycles. The van der Waals surface area contributed by atoms with E-state index < -0.39 is 0 Å². The molecule has 3 N–H and O–H groups in total. The van der Waals surface area contributed by atoms with Crippen molar-refractivity contribution in [1.82, 2.24) is 16.0 Å². The van der Waals surface area contributed by atoms with E-state index in [2.05, 4.69) is 20.9 Å². The second kappa shape index (κ2) is 11.2. The van der Waals surface area contributed by atoms with Crippen molar-refractivity contribution in [2.45, 2.75) is 32.0 Å². The molecule has 7 nitrogen and oxygen atoms in total. The fraction of sp³-hybridized carbons (Fsp3) is 0.391.